The summed E-state index contributed by atoms with van der Waals surface area (Å²) < 4.78 is 0. The van der Waals surface area contributed by atoms with E-state index in [2.05, 4.69) is 6.92 Å². The molecule has 1 aliphatic rings. The third-order valence-corrected chi connectivity index (χ3v) is 4.09. The van der Waals surface area contributed by atoms with Gasteiger partial charge >= 0.3 is 6.03 Å². The molecule has 4 nitrogen and oxygen atoms in total. The van der Waals surface area contributed by atoms with Crippen LogP contribution in [0.15, 0.2) is 0 Å². The fourth-order valence-corrected chi connectivity index (χ4v) is 2.24. The van der Waals surface area contributed by atoms with Crippen LogP contribution < -0.4 is 5.73 Å². The third kappa shape index (κ3) is 4.12. The molecule has 1 aliphatic heterocycles. The zero-order valence-corrected chi connectivity index (χ0v) is 12.5. The van der Waals surface area contributed by atoms with Gasteiger partial charge in [-0.25, -0.2) is 4.79 Å². The lowest BCUT2D eigenvalue weighted by Gasteiger charge is -2.35. The van der Waals surface area contributed by atoms with Crippen molar-refractivity contribution < 1.29 is 4.79 Å². The maximum atomic E-state index is 12.4. The highest BCUT2D eigenvalue weighted by atomic mass is 32.1. The van der Waals surface area contributed by atoms with Gasteiger partial charge < -0.3 is 15.5 Å². The first kappa shape index (κ1) is 15.2. The second kappa shape index (κ2) is 6.92. The van der Waals surface area contributed by atoms with Crippen molar-refractivity contribution in [3.63, 3.8) is 0 Å². The molecular formula is C13H25N3OS. The Labute approximate surface area is 115 Å². The van der Waals surface area contributed by atoms with E-state index in [4.69, 9.17) is 18.0 Å². The van der Waals surface area contributed by atoms with Gasteiger partial charge in [-0.2, -0.15) is 0 Å². The summed E-state index contributed by atoms with van der Waals surface area (Å²) >= 11 is 4.97. The Morgan fingerprint density at radius 3 is 2.50 bits per heavy atom. The van der Waals surface area contributed by atoms with Crippen LogP contribution in [0, 0.1) is 11.8 Å². The fraction of sp³-hybridized carbons (Fsp3) is 0.846. The van der Waals surface area contributed by atoms with Crippen molar-refractivity contribution in [2.75, 3.05) is 26.2 Å². The summed E-state index contributed by atoms with van der Waals surface area (Å²) in [6.07, 6.45) is 2.21. The Morgan fingerprint density at radius 2 is 2.06 bits per heavy atom. The highest BCUT2D eigenvalue weighted by Gasteiger charge is 2.25. The number of nitrogens with two attached hydrogens (primary N) is 1. The van der Waals surface area contributed by atoms with Gasteiger partial charge in [-0.05, 0) is 25.7 Å². The fourth-order valence-electron chi connectivity index (χ4n) is 2.16. The number of rotatable bonds is 4. The zero-order valence-electron chi connectivity index (χ0n) is 11.7. The summed E-state index contributed by atoms with van der Waals surface area (Å²) in [5.74, 6) is 0.812. The topological polar surface area (TPSA) is 49.6 Å². The molecule has 0 aromatic rings. The average Bonchev–Trinajstić information content (AvgIpc) is 2.35. The highest BCUT2D eigenvalue weighted by Crippen LogP contribution is 2.17. The number of carbonyl (C=O) groups excluding carboxylic acids is 1. The predicted molar refractivity (Wildman–Crippen MR) is 78.6 cm³/mol. The number of nitrogens with zero attached hydrogens (tertiary/aromatic N) is 2. The van der Waals surface area contributed by atoms with Gasteiger partial charge in [-0.3, -0.25) is 0 Å². The van der Waals surface area contributed by atoms with Crippen molar-refractivity contribution in [3.05, 3.63) is 0 Å². The predicted octanol–water partition coefficient (Wildman–Crippen LogP) is 2.08. The molecule has 5 heteroatoms. The van der Waals surface area contributed by atoms with Gasteiger partial charge in [0.2, 0.25) is 0 Å². The molecular weight excluding hydrogens is 246 g/mol. The Bertz CT molecular complexity index is 301. The zero-order chi connectivity index (χ0) is 13.7. The Hall–Kier alpha value is -0.840. The van der Waals surface area contributed by atoms with Crippen LogP contribution in [0.5, 0.6) is 0 Å². The van der Waals surface area contributed by atoms with Gasteiger partial charge in [0.15, 0.2) is 0 Å². The summed E-state index contributed by atoms with van der Waals surface area (Å²) in [5.41, 5.74) is 5.62. The molecule has 0 aromatic heterocycles. The Kier molecular flexibility index (Phi) is 5.85. The first-order valence-electron chi connectivity index (χ1n) is 6.78. The first-order chi connectivity index (χ1) is 8.45. The number of carbonyl (C=O) groups is 1. The van der Waals surface area contributed by atoms with E-state index in [9.17, 15) is 4.79 Å². The monoisotopic (exact) mass is 271 g/mol. The van der Waals surface area contributed by atoms with Crippen LogP contribution in [-0.2, 0) is 0 Å². The van der Waals surface area contributed by atoms with Crippen LogP contribution in [-0.4, -0.2) is 47.0 Å². The lowest BCUT2D eigenvalue weighted by atomic mass is 9.99. The molecule has 0 radical (unpaired) electrons. The molecule has 104 valence electrons. The normalized spacial score (nSPS) is 18.5. The summed E-state index contributed by atoms with van der Waals surface area (Å²) in [6.45, 7) is 9.28. The van der Waals surface area contributed by atoms with Gasteiger partial charge in [0.25, 0.3) is 0 Å². The summed E-state index contributed by atoms with van der Waals surface area (Å²) in [5, 5.41) is 0. The highest BCUT2D eigenvalue weighted by molar-refractivity contribution is 7.80. The largest absolute Gasteiger partial charge is 0.393 e. The van der Waals surface area contributed by atoms with E-state index in [0.717, 1.165) is 31.8 Å². The van der Waals surface area contributed by atoms with Crippen molar-refractivity contribution in [3.8, 4) is 0 Å². The van der Waals surface area contributed by atoms with E-state index in [1.165, 1.54) is 0 Å². The molecule has 1 atom stereocenters. The number of hydrogen-bond acceptors (Lipinski definition) is 2. The average molecular weight is 271 g/mol. The minimum atomic E-state index is 0.0765. The van der Waals surface area contributed by atoms with Crippen LogP contribution in [0.3, 0.4) is 0 Å². The van der Waals surface area contributed by atoms with Gasteiger partial charge in [0.05, 0.1) is 4.99 Å². The molecule has 0 aromatic carbocycles. The molecule has 1 fully saturated rings. The molecule has 0 bridgehead atoms. The molecule has 1 saturated heterocycles. The summed E-state index contributed by atoms with van der Waals surface area (Å²) in [4.78, 5) is 16.6. The van der Waals surface area contributed by atoms with Crippen molar-refractivity contribution in [2.45, 2.75) is 33.6 Å². The molecule has 1 rings (SSSR count). The number of likely N-dealkylation sites (tertiary alicyclic amines) is 1. The van der Waals surface area contributed by atoms with E-state index in [-0.39, 0.29) is 11.9 Å². The van der Waals surface area contributed by atoms with Crippen molar-refractivity contribution in [1.29, 1.82) is 0 Å². The molecule has 0 aliphatic carbocycles. The van der Waals surface area contributed by atoms with Gasteiger partial charge in [-0.15, -0.1) is 0 Å². The minimum absolute atomic E-state index is 0.0765. The number of amides is 2. The molecule has 2 N–H and O–H groups in total. The van der Waals surface area contributed by atoms with Gasteiger partial charge in [0.1, 0.15) is 0 Å². The van der Waals surface area contributed by atoms with E-state index in [1.54, 1.807) is 0 Å². The minimum Gasteiger partial charge on any atom is -0.393 e. The summed E-state index contributed by atoms with van der Waals surface area (Å²) in [7, 11) is 0. The smallest absolute Gasteiger partial charge is 0.320 e. The van der Waals surface area contributed by atoms with Crippen molar-refractivity contribution in [1.82, 2.24) is 9.80 Å². The number of piperidine rings is 1. The molecule has 1 unspecified atom stereocenters. The summed E-state index contributed by atoms with van der Waals surface area (Å²) in [6, 6.07) is 0.132. The van der Waals surface area contributed by atoms with Crippen molar-refractivity contribution in [2.24, 2.45) is 17.6 Å². The maximum absolute atomic E-state index is 12.4. The lowest BCUT2D eigenvalue weighted by Crippen LogP contribution is -2.48. The first-order valence-corrected chi connectivity index (χ1v) is 7.19. The maximum Gasteiger partial charge on any atom is 0.320 e. The molecule has 2 amide bonds. The number of hydrogen-bond donors (Lipinski definition) is 1. The van der Waals surface area contributed by atoms with Crippen LogP contribution >= 0.6 is 12.2 Å². The SMILES string of the molecule is CCN(CC(C)C(N)=S)C(=O)N1CCC(C)CC1. The second-order valence-electron chi connectivity index (χ2n) is 5.29. The van der Waals surface area contributed by atoms with Crippen LogP contribution in [0.4, 0.5) is 4.79 Å². The second-order valence-corrected chi connectivity index (χ2v) is 5.77. The van der Waals surface area contributed by atoms with Crippen LogP contribution in [0.25, 0.3) is 0 Å². The van der Waals surface area contributed by atoms with Crippen LogP contribution in [0.1, 0.15) is 33.6 Å². The van der Waals surface area contributed by atoms with Gasteiger partial charge in [0, 0.05) is 32.1 Å². The molecule has 0 spiro atoms. The lowest BCUT2D eigenvalue weighted by molar-refractivity contribution is 0.134. The number of urea groups is 1. The van der Waals surface area contributed by atoms with Crippen molar-refractivity contribution >= 4 is 23.2 Å². The Morgan fingerprint density at radius 1 is 1.50 bits per heavy atom. The quantitative estimate of drug-likeness (QED) is 0.797. The molecule has 0 saturated carbocycles. The number of thiocarbonyl (C=S) groups is 1. The van der Waals surface area contributed by atoms with Crippen LogP contribution in [0.2, 0.25) is 0 Å². The third-order valence-electron chi connectivity index (χ3n) is 3.69. The van der Waals surface area contributed by atoms with E-state index < -0.39 is 0 Å². The standard InChI is InChI=1S/C13H25N3OS/c1-4-15(9-11(3)12(14)18)13(17)16-7-5-10(2)6-8-16/h10-11H,4-9H2,1-3H3,(H2,14,18). The Balaban J connectivity index is 2.54. The van der Waals surface area contributed by atoms with Gasteiger partial charge in [-0.1, -0.05) is 26.1 Å². The van der Waals surface area contributed by atoms with E-state index in [0.29, 0.717) is 18.1 Å². The van der Waals surface area contributed by atoms with E-state index in [1.807, 2.05) is 23.6 Å². The molecule has 1 heterocycles. The molecule has 18 heavy (non-hydrogen) atoms. The van der Waals surface area contributed by atoms with E-state index >= 15 is 0 Å².